The van der Waals surface area contributed by atoms with Crippen molar-refractivity contribution in [1.29, 1.82) is 0 Å². The van der Waals surface area contributed by atoms with Gasteiger partial charge in [0, 0.05) is 18.2 Å². The third-order valence-electron chi connectivity index (χ3n) is 4.49. The summed E-state index contributed by atoms with van der Waals surface area (Å²) < 4.78 is 5.47. The minimum atomic E-state index is 0.156. The fourth-order valence-electron chi connectivity index (χ4n) is 3.13. The van der Waals surface area contributed by atoms with Crippen LogP contribution in [-0.2, 0) is 4.79 Å². The van der Waals surface area contributed by atoms with Gasteiger partial charge in [-0.2, -0.15) is 0 Å². The Morgan fingerprint density at radius 2 is 2.14 bits per heavy atom. The van der Waals surface area contributed by atoms with Gasteiger partial charge in [0.05, 0.1) is 13.7 Å². The molecule has 0 bridgehead atoms. The first-order valence-electron chi connectivity index (χ1n) is 7.91. The molecule has 0 spiro atoms. The third-order valence-corrected chi connectivity index (χ3v) is 4.49. The van der Waals surface area contributed by atoms with Crippen LogP contribution >= 0.6 is 0 Å². The number of hydrogen-bond acceptors (Lipinski definition) is 3. The van der Waals surface area contributed by atoms with Crippen LogP contribution in [0.1, 0.15) is 37.3 Å². The van der Waals surface area contributed by atoms with Gasteiger partial charge in [-0.25, -0.2) is 0 Å². The fourth-order valence-corrected chi connectivity index (χ4v) is 3.13. The van der Waals surface area contributed by atoms with Gasteiger partial charge in [-0.3, -0.25) is 9.69 Å². The highest BCUT2D eigenvalue weighted by molar-refractivity contribution is 5.78. The van der Waals surface area contributed by atoms with Gasteiger partial charge >= 0.3 is 0 Å². The van der Waals surface area contributed by atoms with E-state index in [1.54, 1.807) is 7.11 Å². The lowest BCUT2D eigenvalue weighted by atomic mass is 10.0. The highest BCUT2D eigenvalue weighted by Crippen LogP contribution is 2.36. The number of benzene rings is 1. The number of carbonyl (C=O) groups excluding carboxylic acids is 1. The lowest BCUT2D eigenvalue weighted by molar-refractivity contribution is -0.122. The molecule has 1 aliphatic heterocycles. The van der Waals surface area contributed by atoms with Gasteiger partial charge < -0.3 is 10.1 Å². The molecule has 1 amide bonds. The first-order valence-corrected chi connectivity index (χ1v) is 7.91. The van der Waals surface area contributed by atoms with Gasteiger partial charge in [-0.05, 0) is 44.2 Å². The number of methoxy groups -OCH3 is 1. The van der Waals surface area contributed by atoms with Gasteiger partial charge in [0.25, 0.3) is 0 Å². The Balaban J connectivity index is 1.62. The molecule has 2 aliphatic rings. The Bertz CT molecular complexity index is 499. The maximum absolute atomic E-state index is 12.1. The monoisotopic (exact) mass is 288 g/mol. The summed E-state index contributed by atoms with van der Waals surface area (Å²) in [5.74, 6) is 1.81. The topological polar surface area (TPSA) is 41.6 Å². The third kappa shape index (κ3) is 3.56. The van der Waals surface area contributed by atoms with Crippen LogP contribution in [-0.4, -0.2) is 37.6 Å². The molecule has 2 fully saturated rings. The molecule has 0 aromatic heterocycles. The van der Waals surface area contributed by atoms with Gasteiger partial charge in [0.15, 0.2) is 0 Å². The molecule has 0 radical (unpaired) electrons. The van der Waals surface area contributed by atoms with E-state index in [2.05, 4.69) is 16.3 Å². The van der Waals surface area contributed by atoms with E-state index in [0.717, 1.165) is 37.6 Å². The molecular weight excluding hydrogens is 264 g/mol. The summed E-state index contributed by atoms with van der Waals surface area (Å²) >= 11 is 0. The Labute approximate surface area is 126 Å². The zero-order chi connectivity index (χ0) is 14.7. The summed E-state index contributed by atoms with van der Waals surface area (Å²) in [5.41, 5.74) is 1.20. The molecular formula is C17H24N2O2. The van der Waals surface area contributed by atoms with E-state index in [-0.39, 0.29) is 5.91 Å². The fraction of sp³-hybridized carbons (Fsp3) is 0.588. The molecule has 3 rings (SSSR count). The highest BCUT2D eigenvalue weighted by atomic mass is 16.5. The second kappa shape index (κ2) is 6.48. The number of ether oxygens (including phenoxy) is 1. The Kier molecular flexibility index (Phi) is 4.44. The Hall–Kier alpha value is -1.55. The van der Waals surface area contributed by atoms with Gasteiger partial charge in [-0.15, -0.1) is 0 Å². The van der Waals surface area contributed by atoms with Crippen molar-refractivity contribution in [1.82, 2.24) is 10.2 Å². The van der Waals surface area contributed by atoms with Crippen LogP contribution in [0.3, 0.4) is 0 Å². The number of hydrogen-bond donors (Lipinski definition) is 1. The number of nitrogens with one attached hydrogen (secondary N) is 1. The zero-order valence-corrected chi connectivity index (χ0v) is 12.7. The van der Waals surface area contributed by atoms with Crippen LogP contribution in [0.4, 0.5) is 0 Å². The second-order valence-electron chi connectivity index (χ2n) is 6.12. The Morgan fingerprint density at radius 1 is 1.33 bits per heavy atom. The van der Waals surface area contributed by atoms with Crippen molar-refractivity contribution in [2.45, 2.75) is 31.7 Å². The molecule has 1 saturated carbocycles. The van der Waals surface area contributed by atoms with Gasteiger partial charge in [0.2, 0.25) is 5.91 Å². The lowest BCUT2D eigenvalue weighted by Crippen LogP contribution is -2.37. The average molecular weight is 288 g/mol. The molecule has 21 heavy (non-hydrogen) atoms. The van der Waals surface area contributed by atoms with Crippen molar-refractivity contribution in [2.24, 2.45) is 5.92 Å². The zero-order valence-electron chi connectivity index (χ0n) is 12.7. The molecule has 4 heteroatoms. The SMILES string of the molecule is COc1ccccc1C1CCCN1CC(=O)NCC1CC1. The van der Waals surface area contributed by atoms with Crippen LogP contribution in [0.5, 0.6) is 5.75 Å². The maximum Gasteiger partial charge on any atom is 0.234 e. The average Bonchev–Trinajstić information content (AvgIpc) is 3.24. The second-order valence-corrected chi connectivity index (χ2v) is 6.12. The predicted octanol–water partition coefficient (Wildman–Crippen LogP) is 2.36. The van der Waals surface area contributed by atoms with E-state index in [1.807, 2.05) is 18.2 Å². The standard InChI is InChI=1S/C17H24N2O2/c1-21-16-7-3-2-5-14(16)15-6-4-10-19(15)12-17(20)18-11-13-8-9-13/h2-3,5,7,13,15H,4,6,8-12H2,1H3,(H,18,20). The van der Waals surface area contributed by atoms with Gasteiger partial charge in [0.1, 0.15) is 5.75 Å². The van der Waals surface area contributed by atoms with E-state index in [1.165, 1.54) is 18.4 Å². The summed E-state index contributed by atoms with van der Waals surface area (Å²) in [6.07, 6.45) is 4.77. The van der Waals surface area contributed by atoms with Crippen LogP contribution in [0.2, 0.25) is 0 Å². The molecule has 1 N–H and O–H groups in total. The van der Waals surface area contributed by atoms with Crippen molar-refractivity contribution in [2.75, 3.05) is 26.7 Å². The molecule has 1 heterocycles. The number of para-hydroxylation sites is 1. The molecule has 1 unspecified atom stereocenters. The first-order chi connectivity index (χ1) is 10.3. The normalized spacial score (nSPS) is 22.2. The molecule has 4 nitrogen and oxygen atoms in total. The quantitative estimate of drug-likeness (QED) is 0.873. The summed E-state index contributed by atoms with van der Waals surface area (Å²) in [6.45, 7) is 2.33. The smallest absolute Gasteiger partial charge is 0.234 e. The molecule has 1 aliphatic carbocycles. The van der Waals surface area contributed by atoms with Crippen molar-refractivity contribution in [3.63, 3.8) is 0 Å². The van der Waals surface area contributed by atoms with Gasteiger partial charge in [-0.1, -0.05) is 18.2 Å². The molecule has 1 saturated heterocycles. The number of likely N-dealkylation sites (tertiary alicyclic amines) is 1. The highest BCUT2D eigenvalue weighted by Gasteiger charge is 2.30. The molecule has 1 aromatic rings. The number of nitrogens with zero attached hydrogens (tertiary/aromatic N) is 1. The van der Waals surface area contributed by atoms with Crippen LogP contribution in [0.25, 0.3) is 0 Å². The summed E-state index contributed by atoms with van der Waals surface area (Å²) in [7, 11) is 1.71. The van der Waals surface area contributed by atoms with Crippen molar-refractivity contribution < 1.29 is 9.53 Å². The van der Waals surface area contributed by atoms with E-state index < -0.39 is 0 Å². The van der Waals surface area contributed by atoms with Crippen LogP contribution < -0.4 is 10.1 Å². The van der Waals surface area contributed by atoms with Crippen molar-refractivity contribution >= 4 is 5.91 Å². The predicted molar refractivity (Wildman–Crippen MR) is 82.3 cm³/mol. The van der Waals surface area contributed by atoms with E-state index in [0.29, 0.717) is 12.6 Å². The molecule has 1 atom stereocenters. The minimum Gasteiger partial charge on any atom is -0.496 e. The molecule has 1 aromatic carbocycles. The number of amides is 1. The summed E-state index contributed by atoms with van der Waals surface area (Å²) in [5, 5.41) is 3.06. The van der Waals surface area contributed by atoms with Crippen molar-refractivity contribution in [3.8, 4) is 5.75 Å². The first kappa shape index (κ1) is 14.4. The number of carbonyl (C=O) groups is 1. The molecule has 114 valence electrons. The summed E-state index contributed by atoms with van der Waals surface area (Å²) in [4.78, 5) is 14.4. The van der Waals surface area contributed by atoms with E-state index in [4.69, 9.17) is 4.74 Å². The number of rotatable bonds is 6. The largest absolute Gasteiger partial charge is 0.496 e. The summed E-state index contributed by atoms with van der Waals surface area (Å²) in [6, 6.07) is 8.45. The lowest BCUT2D eigenvalue weighted by Gasteiger charge is -2.25. The maximum atomic E-state index is 12.1. The van der Waals surface area contributed by atoms with Crippen LogP contribution in [0.15, 0.2) is 24.3 Å². The van der Waals surface area contributed by atoms with Crippen molar-refractivity contribution in [3.05, 3.63) is 29.8 Å². The minimum absolute atomic E-state index is 0.156. The van der Waals surface area contributed by atoms with E-state index >= 15 is 0 Å². The van der Waals surface area contributed by atoms with E-state index in [9.17, 15) is 4.79 Å². The van der Waals surface area contributed by atoms with Crippen LogP contribution in [0, 0.1) is 5.92 Å². The Morgan fingerprint density at radius 3 is 2.90 bits per heavy atom.